The molecule has 0 N–H and O–H groups in total. The first kappa shape index (κ1) is 10.6. The van der Waals surface area contributed by atoms with Crippen LogP contribution in [-0.2, 0) is 14.6 Å². The van der Waals surface area contributed by atoms with Crippen molar-refractivity contribution in [1.29, 1.82) is 0 Å². The maximum atomic E-state index is 12.5. The molecule has 13 heavy (non-hydrogen) atoms. The summed E-state index contributed by atoms with van der Waals surface area (Å²) in [6, 6.07) is 0. The normalized spacial score (nSPS) is 27.4. The maximum absolute atomic E-state index is 12.5. The fourth-order valence-corrected chi connectivity index (χ4v) is 3.34. The number of carbonyl (C=O) groups is 1. The van der Waals surface area contributed by atoms with E-state index in [9.17, 15) is 22.0 Å². The van der Waals surface area contributed by atoms with Crippen molar-refractivity contribution >= 4 is 16.1 Å². The van der Waals surface area contributed by atoms with Crippen LogP contribution in [0.4, 0.5) is 8.78 Å². The van der Waals surface area contributed by atoms with Crippen LogP contribution in [0.2, 0.25) is 0 Å². The van der Waals surface area contributed by atoms with Gasteiger partial charge in [0.1, 0.15) is 0 Å². The number of carbonyl (C=O) groups excluding carboxylic acids is 1. The second-order valence-electron chi connectivity index (χ2n) is 3.21. The molecule has 1 rings (SSSR count). The number of aldehydes is 1. The average Bonchev–Trinajstić information content (AvgIpc) is 2.31. The summed E-state index contributed by atoms with van der Waals surface area (Å²) >= 11 is 0. The van der Waals surface area contributed by atoms with Crippen molar-refractivity contribution in [1.82, 2.24) is 0 Å². The molecular weight excluding hydrogens is 202 g/mol. The Kier molecular flexibility index (Phi) is 2.70. The van der Waals surface area contributed by atoms with E-state index in [2.05, 4.69) is 0 Å². The van der Waals surface area contributed by atoms with Crippen molar-refractivity contribution in [3.63, 3.8) is 0 Å². The van der Waals surface area contributed by atoms with Crippen LogP contribution in [0, 0.1) is 0 Å². The van der Waals surface area contributed by atoms with Crippen LogP contribution < -0.4 is 0 Å². The molecule has 6 heteroatoms. The highest BCUT2D eigenvalue weighted by Gasteiger charge is 2.40. The van der Waals surface area contributed by atoms with Gasteiger partial charge < -0.3 is 0 Å². The lowest BCUT2D eigenvalue weighted by Gasteiger charge is -2.13. The van der Waals surface area contributed by atoms with Gasteiger partial charge in [0.25, 0.3) is 0 Å². The molecule has 0 amide bonds. The third-order valence-electron chi connectivity index (χ3n) is 2.14. The van der Waals surface area contributed by atoms with Crippen molar-refractivity contribution in [2.75, 3.05) is 5.75 Å². The van der Waals surface area contributed by atoms with Gasteiger partial charge in [-0.2, -0.15) is 8.78 Å². The van der Waals surface area contributed by atoms with Crippen molar-refractivity contribution < 1.29 is 22.0 Å². The number of rotatable bonds is 3. The van der Waals surface area contributed by atoms with E-state index >= 15 is 0 Å². The van der Waals surface area contributed by atoms with Gasteiger partial charge in [-0.05, 0) is 12.8 Å². The van der Waals surface area contributed by atoms with Crippen LogP contribution in [0.15, 0.2) is 0 Å². The second-order valence-corrected chi connectivity index (χ2v) is 5.61. The summed E-state index contributed by atoms with van der Waals surface area (Å²) in [7, 11) is -3.37. The third-order valence-corrected chi connectivity index (χ3v) is 4.41. The van der Waals surface area contributed by atoms with Gasteiger partial charge in [0.2, 0.25) is 0 Å². The van der Waals surface area contributed by atoms with Crippen LogP contribution >= 0.6 is 0 Å². The summed E-state index contributed by atoms with van der Waals surface area (Å²) in [6.07, 6.45) is -0.687. The smallest absolute Gasteiger partial charge is 0.297 e. The van der Waals surface area contributed by atoms with Gasteiger partial charge in [0, 0.05) is 6.42 Å². The lowest BCUT2D eigenvalue weighted by Crippen LogP contribution is -2.28. The molecule has 0 aromatic rings. The summed E-state index contributed by atoms with van der Waals surface area (Å²) in [5, 5.41) is -1.03. The predicted octanol–water partition coefficient (Wildman–Crippen LogP) is 0.788. The maximum Gasteiger partial charge on any atom is 0.303 e. The average molecular weight is 212 g/mol. The van der Waals surface area contributed by atoms with E-state index in [1.165, 1.54) is 0 Å². The van der Waals surface area contributed by atoms with Gasteiger partial charge in [-0.3, -0.25) is 4.79 Å². The summed E-state index contributed by atoms with van der Waals surface area (Å²) in [4.78, 5) is 9.88. The van der Waals surface area contributed by atoms with E-state index in [0.717, 1.165) is 0 Å². The number of sulfone groups is 1. The molecule has 1 aliphatic rings. The van der Waals surface area contributed by atoms with Gasteiger partial charge in [0.05, 0.1) is 11.0 Å². The van der Waals surface area contributed by atoms with Crippen LogP contribution in [-0.4, -0.2) is 31.6 Å². The monoisotopic (exact) mass is 212 g/mol. The summed E-state index contributed by atoms with van der Waals surface area (Å²) in [6.45, 7) is 0. The molecule has 1 saturated heterocycles. The minimum atomic E-state index is -3.50. The SMILES string of the molecule is O=CC(F)(F)CC1CCCS1(=O)=O. The molecule has 76 valence electrons. The molecule has 0 aromatic carbocycles. The van der Waals surface area contributed by atoms with Crippen LogP contribution in [0.1, 0.15) is 19.3 Å². The molecule has 0 radical (unpaired) electrons. The zero-order valence-corrected chi connectivity index (χ0v) is 7.69. The van der Waals surface area contributed by atoms with E-state index in [1.807, 2.05) is 0 Å². The lowest BCUT2D eigenvalue weighted by atomic mass is 10.1. The molecule has 1 aliphatic heterocycles. The van der Waals surface area contributed by atoms with Crippen molar-refractivity contribution in [2.45, 2.75) is 30.4 Å². The van der Waals surface area contributed by atoms with Crippen molar-refractivity contribution in [3.05, 3.63) is 0 Å². The molecular formula is C7H10F2O3S. The largest absolute Gasteiger partial charge is 0.303 e. The molecule has 0 aliphatic carbocycles. The minimum Gasteiger partial charge on any atom is -0.297 e. The molecule has 1 heterocycles. The molecule has 0 spiro atoms. The standard InChI is InChI=1S/C7H10F2O3S/c8-7(9,5-10)4-6-2-1-3-13(6,11)12/h5-6H,1-4H2. The summed E-state index contributed by atoms with van der Waals surface area (Å²) in [5.74, 6) is -3.53. The number of alkyl halides is 2. The van der Waals surface area contributed by atoms with E-state index in [4.69, 9.17) is 0 Å². The zero-order valence-electron chi connectivity index (χ0n) is 6.87. The minimum absolute atomic E-state index is 0.0351. The van der Waals surface area contributed by atoms with E-state index in [0.29, 0.717) is 6.42 Å². The van der Waals surface area contributed by atoms with Gasteiger partial charge in [-0.15, -0.1) is 0 Å². The first-order chi connectivity index (χ1) is 5.87. The molecule has 1 atom stereocenters. The molecule has 0 bridgehead atoms. The molecule has 1 fully saturated rings. The Balaban J connectivity index is 2.70. The molecule has 0 aromatic heterocycles. The highest BCUT2D eigenvalue weighted by molar-refractivity contribution is 7.92. The molecule has 3 nitrogen and oxygen atoms in total. The predicted molar refractivity (Wildman–Crippen MR) is 42.4 cm³/mol. The van der Waals surface area contributed by atoms with Gasteiger partial charge >= 0.3 is 5.92 Å². The Labute approximate surface area is 75.0 Å². The van der Waals surface area contributed by atoms with Gasteiger partial charge in [-0.25, -0.2) is 8.42 Å². The van der Waals surface area contributed by atoms with Crippen molar-refractivity contribution in [3.8, 4) is 0 Å². The fourth-order valence-electron chi connectivity index (χ4n) is 1.44. The topological polar surface area (TPSA) is 51.2 Å². The fraction of sp³-hybridized carbons (Fsp3) is 0.857. The zero-order chi connectivity index (χ0) is 10.1. The first-order valence-corrected chi connectivity index (χ1v) is 5.65. The lowest BCUT2D eigenvalue weighted by molar-refractivity contribution is -0.129. The summed E-state index contributed by atoms with van der Waals surface area (Å²) in [5.41, 5.74) is 0. The van der Waals surface area contributed by atoms with Crippen molar-refractivity contribution in [2.24, 2.45) is 0 Å². The third kappa shape index (κ3) is 2.46. The van der Waals surface area contributed by atoms with E-state index < -0.39 is 33.7 Å². The van der Waals surface area contributed by atoms with Gasteiger partial charge in [0.15, 0.2) is 16.1 Å². The Morgan fingerprint density at radius 3 is 2.46 bits per heavy atom. The number of halogens is 2. The van der Waals surface area contributed by atoms with Gasteiger partial charge in [-0.1, -0.05) is 0 Å². The Morgan fingerprint density at radius 2 is 2.08 bits per heavy atom. The Hall–Kier alpha value is -0.520. The second kappa shape index (κ2) is 3.32. The highest BCUT2D eigenvalue weighted by atomic mass is 32.2. The van der Waals surface area contributed by atoms with E-state index in [-0.39, 0.29) is 12.2 Å². The summed E-state index contributed by atoms with van der Waals surface area (Å²) < 4.78 is 47.2. The van der Waals surface area contributed by atoms with Crippen LogP contribution in [0.5, 0.6) is 0 Å². The Morgan fingerprint density at radius 1 is 1.46 bits per heavy atom. The molecule has 1 unspecified atom stereocenters. The van der Waals surface area contributed by atoms with Crippen LogP contribution in [0.25, 0.3) is 0 Å². The quantitative estimate of drug-likeness (QED) is 0.650. The first-order valence-electron chi connectivity index (χ1n) is 3.93. The van der Waals surface area contributed by atoms with Crippen LogP contribution in [0.3, 0.4) is 0 Å². The highest BCUT2D eigenvalue weighted by Crippen LogP contribution is 2.29. The molecule has 0 saturated carbocycles. The Bertz CT molecular complexity index is 297. The van der Waals surface area contributed by atoms with E-state index in [1.54, 1.807) is 0 Å². The number of hydrogen-bond acceptors (Lipinski definition) is 3. The number of hydrogen-bond donors (Lipinski definition) is 0.